The molecule has 0 atom stereocenters. The zero-order chi connectivity index (χ0) is 19.1. The van der Waals surface area contributed by atoms with Crippen LogP contribution in [0.3, 0.4) is 0 Å². The second kappa shape index (κ2) is 6.36. The van der Waals surface area contributed by atoms with Gasteiger partial charge in [-0.05, 0) is 43.3 Å². The lowest BCUT2D eigenvalue weighted by atomic mass is 10.1. The Morgan fingerprint density at radius 3 is 2.27 bits per heavy atom. The van der Waals surface area contributed by atoms with E-state index >= 15 is 0 Å². The van der Waals surface area contributed by atoms with Gasteiger partial charge in [0, 0.05) is 5.56 Å². The number of halogens is 4. The zero-order valence-electron chi connectivity index (χ0n) is 13.6. The van der Waals surface area contributed by atoms with E-state index in [2.05, 4.69) is 0 Å². The van der Waals surface area contributed by atoms with E-state index in [-0.39, 0.29) is 28.0 Å². The van der Waals surface area contributed by atoms with Gasteiger partial charge < -0.3 is 13.9 Å². The molecule has 0 spiro atoms. The van der Waals surface area contributed by atoms with Gasteiger partial charge in [-0.15, -0.1) is 0 Å². The predicted octanol–water partition coefficient (Wildman–Crippen LogP) is 5.06. The number of hydrogen-bond donors (Lipinski definition) is 0. The van der Waals surface area contributed by atoms with Gasteiger partial charge in [-0.25, -0.2) is 4.39 Å². The van der Waals surface area contributed by atoms with Crippen molar-refractivity contribution in [3.8, 4) is 17.2 Å². The van der Waals surface area contributed by atoms with E-state index in [1.165, 1.54) is 26.2 Å². The summed E-state index contributed by atoms with van der Waals surface area (Å²) < 4.78 is 68.4. The second-order valence-electron chi connectivity index (χ2n) is 5.41. The maximum Gasteiger partial charge on any atom is 0.453 e. The molecular weight excluding hydrogens is 356 g/mol. The molecule has 0 fully saturated rings. The molecule has 1 heterocycles. The van der Waals surface area contributed by atoms with Crippen molar-refractivity contribution in [2.24, 2.45) is 0 Å². The molecule has 0 aliphatic heterocycles. The Bertz CT molecular complexity index is 1020. The number of ether oxygens (including phenoxy) is 2. The number of methoxy groups -OCH3 is 1. The molecule has 3 rings (SSSR count). The highest BCUT2D eigenvalue weighted by Gasteiger charge is 2.40. The molecule has 0 N–H and O–H groups in total. The SMILES string of the molecule is COc1ccc2c(=O)c(Oc3ccc(F)cc3)c(C(F)(F)F)oc2c1C. The highest BCUT2D eigenvalue weighted by atomic mass is 19.4. The molecule has 0 radical (unpaired) electrons. The molecule has 1 aromatic heterocycles. The van der Waals surface area contributed by atoms with Crippen LogP contribution in [-0.4, -0.2) is 7.11 Å². The fourth-order valence-corrected chi connectivity index (χ4v) is 2.48. The highest BCUT2D eigenvalue weighted by Crippen LogP contribution is 2.39. The van der Waals surface area contributed by atoms with Gasteiger partial charge in [0.15, 0.2) is 0 Å². The van der Waals surface area contributed by atoms with Crippen molar-refractivity contribution in [2.45, 2.75) is 13.1 Å². The fraction of sp³-hybridized carbons (Fsp3) is 0.167. The minimum atomic E-state index is -4.97. The Labute approximate surface area is 144 Å². The van der Waals surface area contributed by atoms with E-state index < -0.39 is 28.9 Å². The number of rotatable bonds is 3. The molecule has 26 heavy (non-hydrogen) atoms. The van der Waals surface area contributed by atoms with Crippen molar-refractivity contribution in [1.82, 2.24) is 0 Å². The van der Waals surface area contributed by atoms with Crippen LogP contribution in [0.2, 0.25) is 0 Å². The summed E-state index contributed by atoms with van der Waals surface area (Å²) in [5.41, 5.74) is -0.984. The molecule has 0 saturated heterocycles. The molecule has 0 aliphatic carbocycles. The van der Waals surface area contributed by atoms with Crippen LogP contribution in [0, 0.1) is 12.7 Å². The lowest BCUT2D eigenvalue weighted by Gasteiger charge is -2.14. The zero-order valence-corrected chi connectivity index (χ0v) is 13.6. The number of alkyl halides is 3. The smallest absolute Gasteiger partial charge is 0.453 e. The number of benzene rings is 2. The monoisotopic (exact) mass is 368 g/mol. The van der Waals surface area contributed by atoms with E-state index in [0.717, 1.165) is 24.3 Å². The second-order valence-corrected chi connectivity index (χ2v) is 5.41. The van der Waals surface area contributed by atoms with Gasteiger partial charge in [-0.1, -0.05) is 0 Å². The van der Waals surface area contributed by atoms with Crippen molar-refractivity contribution in [2.75, 3.05) is 7.11 Å². The first-order valence-corrected chi connectivity index (χ1v) is 7.37. The standard InChI is InChI=1S/C18H12F4O4/c1-9-13(24-2)8-7-12-14(23)16(17(18(20,21)22)26-15(9)12)25-11-5-3-10(19)4-6-11/h3-8H,1-2H3. The largest absolute Gasteiger partial charge is 0.496 e. The summed E-state index contributed by atoms with van der Waals surface area (Å²) in [5.74, 6) is -3.03. The lowest BCUT2D eigenvalue weighted by molar-refractivity contribution is -0.154. The molecule has 136 valence electrons. The Morgan fingerprint density at radius 1 is 1.04 bits per heavy atom. The van der Waals surface area contributed by atoms with Gasteiger partial charge in [-0.2, -0.15) is 13.2 Å². The molecule has 8 heteroatoms. The summed E-state index contributed by atoms with van der Waals surface area (Å²) in [4.78, 5) is 12.6. The van der Waals surface area contributed by atoms with E-state index in [0.29, 0.717) is 0 Å². The summed E-state index contributed by atoms with van der Waals surface area (Å²) in [6.07, 6.45) is -4.97. The minimum absolute atomic E-state index is 0.0894. The minimum Gasteiger partial charge on any atom is -0.496 e. The number of fused-ring (bicyclic) bond motifs is 1. The average Bonchev–Trinajstić information content (AvgIpc) is 2.58. The molecule has 2 aromatic carbocycles. The molecule has 0 saturated carbocycles. The molecule has 0 aliphatic rings. The average molecular weight is 368 g/mol. The summed E-state index contributed by atoms with van der Waals surface area (Å²) in [5, 5.41) is -0.0894. The van der Waals surface area contributed by atoms with Crippen LogP contribution >= 0.6 is 0 Å². The first-order valence-electron chi connectivity index (χ1n) is 7.37. The van der Waals surface area contributed by atoms with Crippen LogP contribution in [0.5, 0.6) is 17.2 Å². The summed E-state index contributed by atoms with van der Waals surface area (Å²) in [6, 6.07) is 6.96. The molecule has 0 bridgehead atoms. The third kappa shape index (κ3) is 3.10. The Balaban J connectivity index is 2.28. The van der Waals surface area contributed by atoms with Crippen LogP contribution in [0.4, 0.5) is 17.6 Å². The van der Waals surface area contributed by atoms with Crippen molar-refractivity contribution >= 4 is 11.0 Å². The Kier molecular flexibility index (Phi) is 4.35. The Morgan fingerprint density at radius 2 is 1.69 bits per heavy atom. The van der Waals surface area contributed by atoms with Crippen molar-refractivity contribution < 1.29 is 31.5 Å². The third-order valence-corrected chi connectivity index (χ3v) is 3.73. The molecule has 3 aromatic rings. The molecular formula is C18H12F4O4. The van der Waals surface area contributed by atoms with Crippen LogP contribution in [-0.2, 0) is 6.18 Å². The normalized spacial score (nSPS) is 11.6. The molecule has 4 nitrogen and oxygen atoms in total. The van der Waals surface area contributed by atoms with Gasteiger partial charge in [-0.3, -0.25) is 4.79 Å². The number of aryl methyl sites for hydroxylation is 1. The van der Waals surface area contributed by atoms with Crippen LogP contribution in [0.15, 0.2) is 45.6 Å². The maximum absolute atomic E-state index is 13.4. The molecule has 0 unspecified atom stereocenters. The predicted molar refractivity (Wildman–Crippen MR) is 85.2 cm³/mol. The Hall–Kier alpha value is -3.03. The fourth-order valence-electron chi connectivity index (χ4n) is 2.48. The lowest BCUT2D eigenvalue weighted by Crippen LogP contribution is -2.16. The first-order chi connectivity index (χ1) is 12.2. The van der Waals surface area contributed by atoms with E-state index in [4.69, 9.17) is 13.9 Å². The van der Waals surface area contributed by atoms with Crippen LogP contribution < -0.4 is 14.9 Å². The topological polar surface area (TPSA) is 48.7 Å². The van der Waals surface area contributed by atoms with Crippen molar-refractivity contribution in [1.29, 1.82) is 0 Å². The van der Waals surface area contributed by atoms with Crippen molar-refractivity contribution in [3.05, 3.63) is 63.8 Å². The van der Waals surface area contributed by atoms with Gasteiger partial charge in [0.25, 0.3) is 5.76 Å². The highest BCUT2D eigenvalue weighted by molar-refractivity contribution is 5.83. The summed E-state index contributed by atoms with van der Waals surface area (Å²) in [6.45, 7) is 1.48. The third-order valence-electron chi connectivity index (χ3n) is 3.73. The summed E-state index contributed by atoms with van der Waals surface area (Å²) in [7, 11) is 1.35. The number of hydrogen-bond acceptors (Lipinski definition) is 4. The summed E-state index contributed by atoms with van der Waals surface area (Å²) >= 11 is 0. The van der Waals surface area contributed by atoms with Crippen LogP contribution in [0.1, 0.15) is 11.3 Å². The molecule has 0 amide bonds. The maximum atomic E-state index is 13.4. The van der Waals surface area contributed by atoms with E-state index in [1.54, 1.807) is 0 Å². The first kappa shape index (κ1) is 17.8. The van der Waals surface area contributed by atoms with E-state index in [9.17, 15) is 22.4 Å². The quantitative estimate of drug-likeness (QED) is 0.607. The van der Waals surface area contributed by atoms with Gasteiger partial charge in [0.2, 0.25) is 11.2 Å². The van der Waals surface area contributed by atoms with Crippen LogP contribution in [0.25, 0.3) is 11.0 Å². The van der Waals surface area contributed by atoms with Gasteiger partial charge in [0.1, 0.15) is 22.9 Å². The van der Waals surface area contributed by atoms with Gasteiger partial charge >= 0.3 is 6.18 Å². The van der Waals surface area contributed by atoms with Crippen molar-refractivity contribution in [3.63, 3.8) is 0 Å². The van der Waals surface area contributed by atoms with E-state index in [1.807, 2.05) is 0 Å². The van der Waals surface area contributed by atoms with Gasteiger partial charge in [0.05, 0.1) is 12.5 Å².